The number of hydrogen-bond donors (Lipinski definition) is 1. The van der Waals surface area contributed by atoms with Gasteiger partial charge in [0.1, 0.15) is 11.6 Å². The van der Waals surface area contributed by atoms with Crippen LogP contribution < -0.4 is 0 Å². The largest absolute Gasteiger partial charge is 0.392 e. The highest BCUT2D eigenvalue weighted by atomic mass is 32.2. The molecule has 1 aromatic rings. The number of rotatable bonds is 4. The Morgan fingerprint density at radius 2 is 1.80 bits per heavy atom. The molecule has 0 saturated carbocycles. The van der Waals surface area contributed by atoms with Crippen LogP contribution >= 0.6 is 11.8 Å². The zero-order valence-electron chi connectivity index (χ0n) is 8.76. The second kappa shape index (κ2) is 5.47. The summed E-state index contributed by atoms with van der Waals surface area (Å²) in [5.74, 6) is -0.132. The summed E-state index contributed by atoms with van der Waals surface area (Å²) in [5, 5.41) is 8.76. The molecule has 0 heterocycles. The van der Waals surface area contributed by atoms with E-state index in [1.807, 2.05) is 13.8 Å². The topological polar surface area (TPSA) is 20.2 Å². The van der Waals surface area contributed by atoms with Crippen LogP contribution in [-0.4, -0.2) is 10.9 Å². The Morgan fingerprint density at radius 3 is 2.20 bits per heavy atom. The molecule has 1 nitrogen and oxygen atoms in total. The maximum absolute atomic E-state index is 13.4. The van der Waals surface area contributed by atoms with Gasteiger partial charge in [-0.05, 0) is 23.6 Å². The van der Waals surface area contributed by atoms with E-state index in [1.54, 1.807) is 0 Å². The van der Waals surface area contributed by atoms with E-state index in [2.05, 4.69) is 0 Å². The summed E-state index contributed by atoms with van der Waals surface area (Å²) in [6.45, 7) is 3.64. The zero-order chi connectivity index (χ0) is 11.4. The normalized spacial score (nSPS) is 11.1. The number of benzene rings is 1. The second-order valence-corrected chi connectivity index (χ2v) is 4.78. The minimum Gasteiger partial charge on any atom is -0.392 e. The molecule has 0 atom stereocenters. The van der Waals surface area contributed by atoms with Crippen molar-refractivity contribution in [2.24, 2.45) is 5.92 Å². The molecule has 4 heteroatoms. The maximum Gasteiger partial charge on any atom is 0.140 e. The number of aliphatic hydroxyl groups is 1. The number of aliphatic hydroxyl groups excluding tert-OH is 1. The molecule has 0 radical (unpaired) electrons. The molecule has 0 saturated heterocycles. The van der Waals surface area contributed by atoms with E-state index >= 15 is 0 Å². The van der Waals surface area contributed by atoms with Gasteiger partial charge in [-0.1, -0.05) is 13.8 Å². The molecule has 0 aromatic heterocycles. The van der Waals surface area contributed by atoms with E-state index in [0.717, 1.165) is 0 Å². The van der Waals surface area contributed by atoms with Crippen molar-refractivity contribution in [3.63, 3.8) is 0 Å². The quantitative estimate of drug-likeness (QED) is 0.804. The lowest BCUT2D eigenvalue weighted by Gasteiger charge is -2.08. The molecule has 0 aliphatic rings. The van der Waals surface area contributed by atoms with Crippen molar-refractivity contribution >= 4 is 11.8 Å². The van der Waals surface area contributed by atoms with E-state index in [0.29, 0.717) is 11.7 Å². The summed E-state index contributed by atoms with van der Waals surface area (Å²) in [7, 11) is 0. The maximum atomic E-state index is 13.4. The van der Waals surface area contributed by atoms with Crippen molar-refractivity contribution in [1.29, 1.82) is 0 Å². The predicted molar refractivity (Wildman–Crippen MR) is 57.8 cm³/mol. The van der Waals surface area contributed by atoms with Crippen LogP contribution in [0, 0.1) is 17.6 Å². The van der Waals surface area contributed by atoms with Gasteiger partial charge in [-0.2, -0.15) is 0 Å². The average molecular weight is 232 g/mol. The molecule has 84 valence electrons. The lowest BCUT2D eigenvalue weighted by molar-refractivity contribution is 0.280. The Kier molecular flexibility index (Phi) is 4.54. The molecule has 1 rings (SSSR count). The van der Waals surface area contributed by atoms with Gasteiger partial charge in [-0.25, -0.2) is 8.78 Å². The highest BCUT2D eigenvalue weighted by Crippen LogP contribution is 2.27. The van der Waals surface area contributed by atoms with E-state index in [9.17, 15) is 8.78 Å². The van der Waals surface area contributed by atoms with Crippen molar-refractivity contribution in [3.05, 3.63) is 29.3 Å². The number of thioether (sulfide) groups is 1. The summed E-state index contributed by atoms with van der Waals surface area (Å²) in [6.07, 6.45) is 0. The van der Waals surface area contributed by atoms with E-state index in [4.69, 9.17) is 5.11 Å². The smallest absolute Gasteiger partial charge is 0.140 e. The highest BCUT2D eigenvalue weighted by Gasteiger charge is 2.11. The third-order valence-electron chi connectivity index (χ3n) is 1.80. The molecule has 0 amide bonds. The van der Waals surface area contributed by atoms with Gasteiger partial charge < -0.3 is 5.11 Å². The number of halogens is 2. The molecular weight excluding hydrogens is 218 g/mol. The van der Waals surface area contributed by atoms with Gasteiger partial charge in [0.2, 0.25) is 0 Å². The Bertz CT molecular complexity index is 316. The fourth-order valence-electron chi connectivity index (χ4n) is 1.09. The molecule has 0 spiro atoms. The average Bonchev–Trinajstić information content (AvgIpc) is 2.15. The van der Waals surface area contributed by atoms with Crippen LogP contribution in [0.15, 0.2) is 17.0 Å². The lowest BCUT2D eigenvalue weighted by Crippen LogP contribution is -1.96. The van der Waals surface area contributed by atoms with Gasteiger partial charge in [0.15, 0.2) is 0 Å². The third kappa shape index (κ3) is 3.47. The van der Waals surface area contributed by atoms with Crippen LogP contribution in [0.5, 0.6) is 0 Å². The van der Waals surface area contributed by atoms with Gasteiger partial charge in [0.05, 0.1) is 11.5 Å². The third-order valence-corrected chi connectivity index (χ3v) is 3.31. The Balaban J connectivity index is 2.88. The lowest BCUT2D eigenvalue weighted by atomic mass is 10.2. The van der Waals surface area contributed by atoms with Crippen molar-refractivity contribution in [2.75, 3.05) is 5.75 Å². The number of hydrogen-bond acceptors (Lipinski definition) is 2. The van der Waals surface area contributed by atoms with Crippen molar-refractivity contribution in [1.82, 2.24) is 0 Å². The van der Waals surface area contributed by atoms with Crippen molar-refractivity contribution in [3.8, 4) is 0 Å². The molecule has 15 heavy (non-hydrogen) atoms. The van der Waals surface area contributed by atoms with Crippen LogP contribution in [0.3, 0.4) is 0 Å². The van der Waals surface area contributed by atoms with Crippen LogP contribution in [0.1, 0.15) is 19.4 Å². The first-order valence-electron chi connectivity index (χ1n) is 4.76. The van der Waals surface area contributed by atoms with E-state index in [-0.39, 0.29) is 17.1 Å². The summed E-state index contributed by atoms with van der Waals surface area (Å²) >= 11 is 1.17. The molecule has 1 aromatic carbocycles. The first-order valence-corrected chi connectivity index (χ1v) is 5.74. The van der Waals surface area contributed by atoms with Gasteiger partial charge in [0, 0.05) is 5.75 Å². The Morgan fingerprint density at radius 1 is 1.27 bits per heavy atom. The Labute approximate surface area is 92.5 Å². The summed E-state index contributed by atoms with van der Waals surface area (Å²) in [6, 6.07) is 2.34. The van der Waals surface area contributed by atoms with Crippen molar-refractivity contribution in [2.45, 2.75) is 25.3 Å². The fourth-order valence-corrected chi connectivity index (χ4v) is 1.99. The molecule has 0 aliphatic heterocycles. The zero-order valence-corrected chi connectivity index (χ0v) is 9.57. The molecule has 0 unspecified atom stereocenters. The van der Waals surface area contributed by atoms with Gasteiger partial charge >= 0.3 is 0 Å². The predicted octanol–water partition coefficient (Wildman–Crippen LogP) is 3.21. The molecule has 0 fully saturated rings. The monoisotopic (exact) mass is 232 g/mol. The van der Waals surface area contributed by atoms with Gasteiger partial charge in [0.25, 0.3) is 0 Å². The Hall–Kier alpha value is -0.610. The standard InChI is InChI=1S/C11H14F2OS/c1-7(2)6-15-11-9(12)3-8(5-14)4-10(11)13/h3-4,7,14H,5-6H2,1-2H3. The van der Waals surface area contributed by atoms with Crippen LogP contribution in [-0.2, 0) is 6.61 Å². The molecule has 1 N–H and O–H groups in total. The summed E-state index contributed by atoms with van der Waals surface area (Å²) in [4.78, 5) is 0.0425. The van der Waals surface area contributed by atoms with Gasteiger partial charge in [-0.3, -0.25) is 0 Å². The van der Waals surface area contributed by atoms with Crippen molar-refractivity contribution < 1.29 is 13.9 Å². The minimum atomic E-state index is -0.593. The van der Waals surface area contributed by atoms with E-state index in [1.165, 1.54) is 23.9 Å². The first kappa shape index (κ1) is 12.5. The van der Waals surface area contributed by atoms with Gasteiger partial charge in [-0.15, -0.1) is 11.8 Å². The van der Waals surface area contributed by atoms with Crippen LogP contribution in [0.2, 0.25) is 0 Å². The summed E-state index contributed by atoms with van der Waals surface area (Å²) in [5.41, 5.74) is 0.263. The first-order chi connectivity index (χ1) is 7.04. The molecule has 0 bridgehead atoms. The minimum absolute atomic E-state index is 0.0425. The van der Waals surface area contributed by atoms with Crippen LogP contribution in [0.25, 0.3) is 0 Å². The molecule has 0 aliphatic carbocycles. The SMILES string of the molecule is CC(C)CSc1c(F)cc(CO)cc1F. The second-order valence-electron chi connectivity index (χ2n) is 3.75. The van der Waals surface area contributed by atoms with Crippen LogP contribution in [0.4, 0.5) is 8.78 Å². The fraction of sp³-hybridized carbons (Fsp3) is 0.455. The summed E-state index contributed by atoms with van der Waals surface area (Å²) < 4.78 is 26.8. The highest BCUT2D eigenvalue weighted by molar-refractivity contribution is 7.99. The van der Waals surface area contributed by atoms with E-state index < -0.39 is 11.6 Å². The molecular formula is C11H14F2OS.